The quantitative estimate of drug-likeness (QED) is 0.567. The third-order valence-electron chi connectivity index (χ3n) is 3.13. The van der Waals surface area contributed by atoms with Gasteiger partial charge in [0.25, 0.3) is 11.9 Å². The van der Waals surface area contributed by atoms with Gasteiger partial charge in [-0.05, 0) is 12.1 Å². The van der Waals surface area contributed by atoms with Gasteiger partial charge in [0.2, 0.25) is 11.8 Å². The summed E-state index contributed by atoms with van der Waals surface area (Å²) in [7, 11) is -2.08. The van der Waals surface area contributed by atoms with Crippen molar-refractivity contribution in [2.24, 2.45) is 11.5 Å². The fraction of sp³-hybridized carbons (Fsp3) is 0.143. The number of hydrogen-bond donors (Lipinski definition) is 3. The van der Waals surface area contributed by atoms with Crippen LogP contribution >= 0.6 is 0 Å². The van der Waals surface area contributed by atoms with Crippen molar-refractivity contribution >= 4 is 33.8 Å². The van der Waals surface area contributed by atoms with Gasteiger partial charge in [-0.3, -0.25) is 4.79 Å². The monoisotopic (exact) mass is 396 g/mol. The van der Waals surface area contributed by atoms with Crippen LogP contribution in [0.25, 0.3) is 0 Å². The molecular weight excluding hydrogens is 380 g/mol. The van der Waals surface area contributed by atoms with Crippen molar-refractivity contribution in [1.82, 2.24) is 14.7 Å². The van der Waals surface area contributed by atoms with Gasteiger partial charge < -0.3 is 20.9 Å². The van der Waals surface area contributed by atoms with E-state index in [1.54, 1.807) is 4.72 Å². The highest BCUT2D eigenvalue weighted by Gasteiger charge is 2.32. The number of primary amides is 2. The lowest BCUT2D eigenvalue weighted by Crippen LogP contribution is -2.44. The van der Waals surface area contributed by atoms with Crippen LogP contribution in [0.3, 0.4) is 0 Å². The van der Waals surface area contributed by atoms with Gasteiger partial charge in [-0.25, -0.2) is 9.52 Å². The molecule has 2 rings (SSSR count). The van der Waals surface area contributed by atoms with Crippen LogP contribution in [-0.4, -0.2) is 44.5 Å². The topological polar surface area (TPSA) is 180 Å². The smallest absolute Gasteiger partial charge is 0.334 e. The largest absolute Gasteiger partial charge is 0.481 e. The number of carbonyl (C=O) groups is 2. The fourth-order valence-electron chi connectivity index (χ4n) is 2.07. The maximum absolute atomic E-state index is 12.7. The van der Waals surface area contributed by atoms with E-state index in [4.69, 9.17) is 20.9 Å². The van der Waals surface area contributed by atoms with Crippen LogP contribution in [0.4, 0.5) is 16.4 Å². The van der Waals surface area contributed by atoms with Gasteiger partial charge in [-0.2, -0.15) is 22.7 Å². The highest BCUT2D eigenvalue weighted by Crippen LogP contribution is 2.31. The molecule has 2 aromatic rings. The Hall–Kier alpha value is -3.61. The third-order valence-corrected chi connectivity index (χ3v) is 4.43. The Bertz CT molecular complexity index is 958. The van der Waals surface area contributed by atoms with E-state index in [0.29, 0.717) is 4.31 Å². The minimum Gasteiger partial charge on any atom is -0.481 e. The molecule has 0 bridgehead atoms. The molecule has 1 aromatic carbocycles. The maximum atomic E-state index is 12.7. The summed E-state index contributed by atoms with van der Waals surface area (Å²) in [5, 5.41) is 0. The van der Waals surface area contributed by atoms with Crippen LogP contribution in [-0.2, 0) is 10.2 Å². The first-order valence-electron chi connectivity index (χ1n) is 7.18. The Labute approximate surface area is 154 Å². The van der Waals surface area contributed by atoms with E-state index in [1.165, 1.54) is 44.6 Å². The van der Waals surface area contributed by atoms with Crippen molar-refractivity contribution in [3.05, 3.63) is 35.9 Å². The molecule has 0 aliphatic carbocycles. The van der Waals surface area contributed by atoms with Crippen LogP contribution in [0.1, 0.15) is 10.4 Å². The normalized spacial score (nSPS) is 10.7. The van der Waals surface area contributed by atoms with E-state index < -0.39 is 28.1 Å². The third kappa shape index (κ3) is 4.33. The second-order valence-electron chi connectivity index (χ2n) is 4.87. The van der Waals surface area contributed by atoms with Gasteiger partial charge in [0.1, 0.15) is 0 Å². The van der Waals surface area contributed by atoms with Gasteiger partial charge in [-0.1, -0.05) is 12.1 Å². The summed E-state index contributed by atoms with van der Waals surface area (Å²) in [6.45, 7) is 0. The second-order valence-corrected chi connectivity index (χ2v) is 6.39. The van der Waals surface area contributed by atoms with Crippen molar-refractivity contribution in [2.75, 3.05) is 18.5 Å². The molecule has 0 aliphatic heterocycles. The molecule has 0 radical (unpaired) electrons. The number of nitrogens with zero attached hydrogens (tertiary/aromatic N) is 3. The van der Waals surface area contributed by atoms with Crippen LogP contribution in [0.5, 0.6) is 11.8 Å². The molecule has 0 saturated carbocycles. The first kappa shape index (κ1) is 19.7. The molecule has 1 heterocycles. The Kier molecular flexibility index (Phi) is 5.65. The van der Waals surface area contributed by atoms with E-state index in [9.17, 15) is 18.0 Å². The molecule has 0 aliphatic rings. The number of amides is 3. The molecule has 0 unspecified atom stereocenters. The predicted molar refractivity (Wildman–Crippen MR) is 93.9 cm³/mol. The van der Waals surface area contributed by atoms with E-state index in [2.05, 4.69) is 9.97 Å². The summed E-state index contributed by atoms with van der Waals surface area (Å²) in [6.07, 6.45) is 0. The average Bonchev–Trinajstić information content (AvgIpc) is 2.60. The van der Waals surface area contributed by atoms with Crippen LogP contribution in [0.2, 0.25) is 0 Å². The minimum atomic E-state index is -4.67. The number of nitrogens with one attached hydrogen (secondary N) is 1. The molecule has 0 saturated heterocycles. The fourth-order valence-corrected chi connectivity index (χ4v) is 3.13. The maximum Gasteiger partial charge on any atom is 0.334 e. The zero-order valence-corrected chi connectivity index (χ0v) is 15.1. The SMILES string of the molecule is COc1cc(OC)nc(N(c2ccccc2C(N)=O)S(=O)(=O)NC(N)=O)n1. The lowest BCUT2D eigenvalue weighted by atomic mass is 10.1. The molecule has 27 heavy (non-hydrogen) atoms. The number of methoxy groups -OCH3 is 2. The number of hydrogen-bond acceptors (Lipinski definition) is 8. The van der Waals surface area contributed by atoms with Crippen molar-refractivity contribution in [3.63, 3.8) is 0 Å². The minimum absolute atomic E-state index is 0.0346. The molecule has 0 fully saturated rings. The zero-order chi connectivity index (χ0) is 20.2. The first-order valence-corrected chi connectivity index (χ1v) is 8.62. The van der Waals surface area contributed by atoms with E-state index in [0.717, 1.165) is 0 Å². The lowest BCUT2D eigenvalue weighted by Gasteiger charge is -2.24. The number of carbonyl (C=O) groups excluding carboxylic acids is 2. The van der Waals surface area contributed by atoms with Crippen molar-refractivity contribution in [1.29, 1.82) is 0 Å². The van der Waals surface area contributed by atoms with Gasteiger partial charge in [0, 0.05) is 0 Å². The summed E-state index contributed by atoms with van der Waals surface area (Å²) in [6, 6.07) is 5.44. The van der Waals surface area contributed by atoms with E-state index in [1.807, 2.05) is 0 Å². The first-order chi connectivity index (χ1) is 12.7. The highest BCUT2D eigenvalue weighted by atomic mass is 32.2. The van der Waals surface area contributed by atoms with Gasteiger partial charge in [0.05, 0.1) is 31.5 Å². The van der Waals surface area contributed by atoms with E-state index in [-0.39, 0.29) is 23.0 Å². The molecule has 0 atom stereocenters. The number of para-hydroxylation sites is 1. The lowest BCUT2D eigenvalue weighted by molar-refractivity contribution is 0.100. The van der Waals surface area contributed by atoms with Gasteiger partial charge >= 0.3 is 16.2 Å². The molecule has 3 amide bonds. The standard InChI is InChI=1S/C14H16N6O6S/c1-25-10-7-11(26-2)18-14(17-10)20(27(23,24)19-13(16)22)9-6-4-3-5-8(9)12(15)21/h3-7H,1-2H3,(H2,15,21)(H3,16,19,22). The summed E-state index contributed by atoms with van der Waals surface area (Å²) in [5.41, 5.74) is 9.89. The Balaban J connectivity index is 2.80. The highest BCUT2D eigenvalue weighted by molar-refractivity contribution is 7.91. The number of benzene rings is 1. The van der Waals surface area contributed by atoms with E-state index >= 15 is 0 Å². The van der Waals surface area contributed by atoms with Crippen molar-refractivity contribution in [3.8, 4) is 11.8 Å². The molecule has 5 N–H and O–H groups in total. The summed E-state index contributed by atoms with van der Waals surface area (Å²) in [5.74, 6) is -1.46. The number of rotatable bonds is 7. The predicted octanol–water partition coefficient (Wildman–Crippen LogP) is -0.356. The van der Waals surface area contributed by atoms with Gasteiger partial charge in [-0.15, -0.1) is 0 Å². The Morgan fingerprint density at radius 3 is 2.11 bits per heavy atom. The summed E-state index contributed by atoms with van der Waals surface area (Å²) < 4.78 is 37.5. The number of anilines is 2. The molecule has 13 heteroatoms. The van der Waals surface area contributed by atoms with Crippen molar-refractivity contribution < 1.29 is 27.5 Å². The summed E-state index contributed by atoms with van der Waals surface area (Å²) in [4.78, 5) is 30.8. The molecule has 12 nitrogen and oxygen atoms in total. The zero-order valence-electron chi connectivity index (χ0n) is 14.2. The summed E-state index contributed by atoms with van der Waals surface area (Å²) >= 11 is 0. The molecule has 0 spiro atoms. The number of aromatic nitrogens is 2. The molecular formula is C14H16N6O6S. The molecule has 144 valence electrons. The Morgan fingerprint density at radius 2 is 1.63 bits per heavy atom. The second kappa shape index (κ2) is 7.74. The number of nitrogens with two attached hydrogens (primary N) is 2. The van der Waals surface area contributed by atoms with Crippen LogP contribution in [0.15, 0.2) is 30.3 Å². The van der Waals surface area contributed by atoms with Crippen LogP contribution < -0.4 is 30.0 Å². The number of ether oxygens (including phenoxy) is 2. The number of urea groups is 1. The molecule has 1 aromatic heterocycles. The van der Waals surface area contributed by atoms with Crippen molar-refractivity contribution in [2.45, 2.75) is 0 Å². The van der Waals surface area contributed by atoms with Gasteiger partial charge in [0.15, 0.2) is 0 Å². The van der Waals surface area contributed by atoms with Crippen LogP contribution in [0, 0.1) is 0 Å². The average molecular weight is 396 g/mol. The Morgan fingerprint density at radius 1 is 1.07 bits per heavy atom.